The molecule has 1 aromatic heterocycles. The third-order valence-electron chi connectivity index (χ3n) is 3.16. The van der Waals surface area contributed by atoms with Gasteiger partial charge in [-0.15, -0.1) is 0 Å². The predicted octanol–water partition coefficient (Wildman–Crippen LogP) is 3.53. The number of oxime groups is 1. The van der Waals surface area contributed by atoms with Gasteiger partial charge in [-0.3, -0.25) is 0 Å². The highest BCUT2D eigenvalue weighted by atomic mass is 35.5. The number of halogens is 1. The Morgan fingerprint density at radius 3 is 2.79 bits per heavy atom. The fraction of sp³-hybridized carbons (Fsp3) is 0.235. The van der Waals surface area contributed by atoms with E-state index in [9.17, 15) is 4.79 Å². The molecule has 0 radical (unpaired) electrons. The monoisotopic (exact) mass is 347 g/mol. The van der Waals surface area contributed by atoms with Gasteiger partial charge in [0.05, 0.1) is 25.0 Å². The number of rotatable bonds is 6. The number of carbonyl (C=O) groups is 1. The molecule has 0 bridgehead atoms. The van der Waals surface area contributed by atoms with Crippen molar-refractivity contribution >= 4 is 23.4 Å². The summed E-state index contributed by atoms with van der Waals surface area (Å²) in [7, 11) is 1.31. The maximum Gasteiger partial charge on any atom is 0.407 e. The second kappa shape index (κ2) is 8.88. The van der Waals surface area contributed by atoms with Gasteiger partial charge in [0.1, 0.15) is 12.3 Å². The molecule has 0 atom stereocenters. The van der Waals surface area contributed by atoms with Crippen LogP contribution in [0.1, 0.15) is 23.9 Å². The molecule has 2 rings (SSSR count). The summed E-state index contributed by atoms with van der Waals surface area (Å²) < 4.78 is 4.52. The summed E-state index contributed by atoms with van der Waals surface area (Å²) in [4.78, 5) is 20.9. The molecule has 1 N–H and O–H groups in total. The molecule has 6 nitrogen and oxygen atoms in total. The lowest BCUT2D eigenvalue weighted by atomic mass is 10.2. The number of benzene rings is 1. The molecule has 1 aromatic carbocycles. The second-order valence-corrected chi connectivity index (χ2v) is 5.31. The molecular weight excluding hydrogens is 330 g/mol. The largest absolute Gasteiger partial charge is 0.453 e. The molecule has 1 amide bonds. The van der Waals surface area contributed by atoms with Crippen LogP contribution in [0.2, 0.25) is 5.02 Å². The van der Waals surface area contributed by atoms with Crippen molar-refractivity contribution in [3.8, 4) is 0 Å². The van der Waals surface area contributed by atoms with E-state index in [1.54, 1.807) is 19.1 Å². The summed E-state index contributed by atoms with van der Waals surface area (Å²) in [6.45, 7) is 2.35. The van der Waals surface area contributed by atoms with Crippen LogP contribution in [0.3, 0.4) is 0 Å². The van der Waals surface area contributed by atoms with Crippen LogP contribution in [0.4, 0.5) is 4.79 Å². The number of hydrogen-bond donors (Lipinski definition) is 1. The number of pyridine rings is 1. The molecule has 24 heavy (non-hydrogen) atoms. The van der Waals surface area contributed by atoms with E-state index in [1.165, 1.54) is 7.11 Å². The van der Waals surface area contributed by atoms with Crippen molar-refractivity contribution in [3.05, 3.63) is 64.4 Å². The number of nitrogens with zero attached hydrogens (tertiary/aromatic N) is 2. The van der Waals surface area contributed by atoms with Crippen LogP contribution in [-0.2, 0) is 22.7 Å². The van der Waals surface area contributed by atoms with Gasteiger partial charge in [-0.2, -0.15) is 0 Å². The van der Waals surface area contributed by atoms with Gasteiger partial charge in [-0.1, -0.05) is 41.0 Å². The fourth-order valence-electron chi connectivity index (χ4n) is 1.88. The Balaban J connectivity index is 1.97. The molecule has 0 fully saturated rings. The zero-order chi connectivity index (χ0) is 17.4. The van der Waals surface area contributed by atoms with Crippen LogP contribution in [0.15, 0.2) is 47.6 Å². The van der Waals surface area contributed by atoms with E-state index in [2.05, 4.69) is 20.2 Å². The molecule has 0 spiro atoms. The number of amides is 1. The van der Waals surface area contributed by atoms with E-state index in [0.29, 0.717) is 22.1 Å². The molecule has 0 aliphatic heterocycles. The van der Waals surface area contributed by atoms with Gasteiger partial charge in [0.25, 0.3) is 0 Å². The average Bonchev–Trinajstić information content (AvgIpc) is 2.61. The van der Waals surface area contributed by atoms with Gasteiger partial charge in [0, 0.05) is 10.6 Å². The van der Waals surface area contributed by atoms with Gasteiger partial charge in [-0.25, -0.2) is 9.78 Å². The number of alkyl carbamates (subject to hydrolysis) is 1. The minimum absolute atomic E-state index is 0.272. The number of nitrogens with one attached hydrogen (secondary N) is 1. The van der Waals surface area contributed by atoms with Crippen molar-refractivity contribution < 1.29 is 14.4 Å². The minimum Gasteiger partial charge on any atom is -0.453 e. The highest BCUT2D eigenvalue weighted by molar-refractivity contribution is 6.31. The summed E-state index contributed by atoms with van der Waals surface area (Å²) in [5.74, 6) is 0. The molecule has 2 aromatic rings. The van der Waals surface area contributed by atoms with Crippen molar-refractivity contribution in [3.63, 3.8) is 0 Å². The Morgan fingerprint density at radius 1 is 1.25 bits per heavy atom. The first-order chi connectivity index (χ1) is 11.6. The molecule has 0 aliphatic carbocycles. The van der Waals surface area contributed by atoms with Crippen LogP contribution in [0, 0.1) is 0 Å². The van der Waals surface area contributed by atoms with Crippen LogP contribution in [-0.4, -0.2) is 23.9 Å². The van der Waals surface area contributed by atoms with Crippen molar-refractivity contribution in [2.45, 2.75) is 20.1 Å². The third kappa shape index (κ3) is 5.24. The van der Waals surface area contributed by atoms with Crippen LogP contribution in [0.5, 0.6) is 0 Å². The van der Waals surface area contributed by atoms with E-state index in [4.69, 9.17) is 16.4 Å². The molecule has 0 saturated heterocycles. The Bertz CT molecular complexity index is 735. The van der Waals surface area contributed by atoms with Gasteiger partial charge in [0.15, 0.2) is 0 Å². The molecule has 0 unspecified atom stereocenters. The van der Waals surface area contributed by atoms with Gasteiger partial charge in [-0.05, 0) is 25.1 Å². The van der Waals surface area contributed by atoms with Crippen molar-refractivity contribution in [1.82, 2.24) is 10.3 Å². The van der Waals surface area contributed by atoms with E-state index < -0.39 is 6.09 Å². The summed E-state index contributed by atoms with van der Waals surface area (Å²) >= 11 is 6.06. The smallest absolute Gasteiger partial charge is 0.407 e. The minimum atomic E-state index is -0.504. The van der Waals surface area contributed by atoms with E-state index >= 15 is 0 Å². The van der Waals surface area contributed by atoms with E-state index in [0.717, 1.165) is 5.56 Å². The van der Waals surface area contributed by atoms with Crippen LogP contribution >= 0.6 is 11.6 Å². The lowest BCUT2D eigenvalue weighted by molar-refractivity contribution is 0.130. The predicted molar refractivity (Wildman–Crippen MR) is 91.9 cm³/mol. The highest BCUT2D eigenvalue weighted by Gasteiger charge is 2.05. The molecule has 0 aliphatic rings. The lowest BCUT2D eigenvalue weighted by Crippen LogP contribution is -2.23. The maximum absolute atomic E-state index is 11.1. The first-order valence-electron chi connectivity index (χ1n) is 7.28. The number of methoxy groups -OCH3 is 1. The molecule has 1 heterocycles. The Kier molecular flexibility index (Phi) is 6.57. The molecule has 0 saturated carbocycles. The molecular formula is C17H18ClN3O3. The van der Waals surface area contributed by atoms with Gasteiger partial charge >= 0.3 is 6.09 Å². The highest BCUT2D eigenvalue weighted by Crippen LogP contribution is 2.15. The first-order valence-corrected chi connectivity index (χ1v) is 7.66. The quantitative estimate of drug-likeness (QED) is 0.641. The second-order valence-electron chi connectivity index (χ2n) is 4.90. The van der Waals surface area contributed by atoms with Gasteiger partial charge < -0.3 is 14.9 Å². The fourth-order valence-corrected chi connectivity index (χ4v) is 2.07. The topological polar surface area (TPSA) is 72.8 Å². The Hall–Kier alpha value is -2.60. The van der Waals surface area contributed by atoms with Gasteiger partial charge in [0.2, 0.25) is 0 Å². The van der Waals surface area contributed by atoms with Crippen LogP contribution < -0.4 is 5.32 Å². The number of carbonyl (C=O) groups excluding carboxylic acids is 1. The van der Waals surface area contributed by atoms with Crippen LogP contribution in [0.25, 0.3) is 0 Å². The lowest BCUT2D eigenvalue weighted by Gasteiger charge is -2.06. The van der Waals surface area contributed by atoms with Crippen molar-refractivity contribution in [2.75, 3.05) is 7.11 Å². The Labute approximate surface area is 145 Å². The summed E-state index contributed by atoms with van der Waals surface area (Å²) in [5, 5.41) is 7.28. The van der Waals surface area contributed by atoms with E-state index in [1.807, 2.05) is 30.3 Å². The third-order valence-corrected chi connectivity index (χ3v) is 3.52. The normalized spacial score (nSPS) is 11.0. The standard InChI is InChI=1S/C17H18ClN3O3/c1-12(21-24-11-13-6-3-4-8-15(13)18)16-9-5-7-14(20-16)10-19-17(22)23-2/h3-9H,10-11H2,1-2H3,(H,19,22). The maximum atomic E-state index is 11.1. The molecule has 126 valence electrons. The summed E-state index contributed by atoms with van der Waals surface area (Å²) in [6, 6.07) is 12.9. The van der Waals surface area contributed by atoms with Crippen molar-refractivity contribution in [1.29, 1.82) is 0 Å². The summed E-state index contributed by atoms with van der Waals surface area (Å²) in [6.07, 6.45) is -0.504. The van der Waals surface area contributed by atoms with Crippen molar-refractivity contribution in [2.24, 2.45) is 5.16 Å². The zero-order valence-electron chi connectivity index (χ0n) is 13.5. The average molecular weight is 348 g/mol. The number of hydrogen-bond acceptors (Lipinski definition) is 5. The SMILES string of the molecule is COC(=O)NCc1cccc(C(C)=NOCc2ccccc2Cl)n1. The zero-order valence-corrected chi connectivity index (χ0v) is 14.2. The number of aromatic nitrogens is 1. The molecule has 7 heteroatoms. The Morgan fingerprint density at radius 2 is 2.04 bits per heavy atom. The first kappa shape index (κ1) is 17.7. The number of ether oxygens (including phenoxy) is 1. The van der Waals surface area contributed by atoms with E-state index in [-0.39, 0.29) is 13.2 Å². The summed E-state index contributed by atoms with van der Waals surface area (Å²) in [5.41, 5.74) is 2.85.